The van der Waals surface area contributed by atoms with Crippen molar-refractivity contribution in [2.24, 2.45) is 5.73 Å². The third kappa shape index (κ3) is 3.83. The normalized spacial score (nSPS) is 26.5. The molecular formula is C9H19N3O4S. The zero-order chi connectivity index (χ0) is 13.1. The third-order valence-corrected chi connectivity index (χ3v) is 4.24. The summed E-state index contributed by atoms with van der Waals surface area (Å²) in [6.07, 6.45) is 0.229. The summed E-state index contributed by atoms with van der Waals surface area (Å²) in [4.78, 5) is 11.1. The van der Waals surface area contributed by atoms with E-state index in [0.717, 1.165) is 0 Å². The van der Waals surface area contributed by atoms with Gasteiger partial charge in [0.25, 0.3) is 0 Å². The smallest absolute Gasteiger partial charge is 0.421 e. The van der Waals surface area contributed by atoms with Gasteiger partial charge in [-0.2, -0.15) is 12.7 Å². The van der Waals surface area contributed by atoms with Gasteiger partial charge in [0.2, 0.25) is 0 Å². The molecule has 8 heteroatoms. The number of carbonyl (C=O) groups excluding carboxylic acids is 1. The quantitative estimate of drug-likeness (QED) is 0.735. The van der Waals surface area contributed by atoms with Crippen LogP contribution in [0, 0.1) is 0 Å². The van der Waals surface area contributed by atoms with Gasteiger partial charge in [-0.1, -0.05) is 0 Å². The Labute approximate surface area is 101 Å². The highest BCUT2D eigenvalue weighted by Gasteiger charge is 2.33. The number of hydrogen-bond acceptors (Lipinski definition) is 5. The lowest BCUT2D eigenvalue weighted by Gasteiger charge is -2.34. The summed E-state index contributed by atoms with van der Waals surface area (Å²) >= 11 is 0. The standard InChI is InChI=1S/C9H19N3O4S/c1-3-16-9(13)11-17(14,15)12-5-4-8(10)6-7(12)2/h7-8H,3-6,10H2,1-2H3,(H,11,13). The van der Waals surface area contributed by atoms with Gasteiger partial charge in [-0.25, -0.2) is 9.52 Å². The molecule has 1 aliphatic rings. The van der Waals surface area contributed by atoms with Crippen molar-refractivity contribution in [3.8, 4) is 0 Å². The Kier molecular flexibility index (Phi) is 4.72. The molecule has 1 saturated heterocycles. The average Bonchev–Trinajstić information content (AvgIpc) is 2.15. The highest BCUT2D eigenvalue weighted by molar-refractivity contribution is 7.87. The minimum atomic E-state index is -3.82. The van der Waals surface area contributed by atoms with E-state index in [1.54, 1.807) is 13.8 Å². The lowest BCUT2D eigenvalue weighted by molar-refractivity contribution is 0.157. The number of amides is 1. The van der Waals surface area contributed by atoms with Gasteiger partial charge in [0.15, 0.2) is 0 Å². The third-order valence-electron chi connectivity index (χ3n) is 2.65. The number of nitrogens with one attached hydrogen (secondary N) is 1. The fourth-order valence-corrected chi connectivity index (χ4v) is 3.16. The number of nitrogens with two attached hydrogens (primary N) is 1. The first kappa shape index (κ1) is 14.2. The van der Waals surface area contributed by atoms with E-state index < -0.39 is 16.3 Å². The highest BCUT2D eigenvalue weighted by atomic mass is 32.2. The lowest BCUT2D eigenvalue weighted by atomic mass is 10.0. The second-order valence-electron chi connectivity index (χ2n) is 4.07. The molecule has 7 nitrogen and oxygen atoms in total. The van der Waals surface area contributed by atoms with Gasteiger partial charge in [0.1, 0.15) is 0 Å². The molecule has 1 amide bonds. The van der Waals surface area contributed by atoms with E-state index in [-0.39, 0.29) is 18.7 Å². The van der Waals surface area contributed by atoms with Crippen molar-refractivity contribution in [1.82, 2.24) is 9.03 Å². The molecule has 0 radical (unpaired) electrons. The van der Waals surface area contributed by atoms with Crippen molar-refractivity contribution in [3.05, 3.63) is 0 Å². The molecule has 3 N–H and O–H groups in total. The molecule has 0 spiro atoms. The number of rotatable bonds is 3. The number of carbonyl (C=O) groups is 1. The zero-order valence-electron chi connectivity index (χ0n) is 10.0. The van der Waals surface area contributed by atoms with Crippen molar-refractivity contribution in [1.29, 1.82) is 0 Å². The Morgan fingerprint density at radius 3 is 2.76 bits per heavy atom. The van der Waals surface area contributed by atoms with Crippen LogP contribution in [0.5, 0.6) is 0 Å². The molecule has 1 rings (SSSR count). The molecule has 0 aromatic heterocycles. The Bertz CT molecular complexity index is 370. The van der Waals surface area contributed by atoms with Crippen molar-refractivity contribution < 1.29 is 17.9 Å². The summed E-state index contributed by atoms with van der Waals surface area (Å²) < 4.78 is 31.4. The minimum Gasteiger partial charge on any atom is -0.449 e. The van der Waals surface area contributed by atoms with Crippen LogP contribution in [-0.4, -0.2) is 44.1 Å². The van der Waals surface area contributed by atoms with Gasteiger partial charge in [-0.3, -0.25) is 0 Å². The van der Waals surface area contributed by atoms with E-state index in [4.69, 9.17) is 5.73 Å². The molecule has 1 aliphatic heterocycles. The molecule has 2 atom stereocenters. The van der Waals surface area contributed by atoms with Crippen LogP contribution in [0.25, 0.3) is 0 Å². The van der Waals surface area contributed by atoms with Crippen LogP contribution in [0.3, 0.4) is 0 Å². The molecule has 0 aliphatic carbocycles. The molecule has 100 valence electrons. The topological polar surface area (TPSA) is 102 Å². The zero-order valence-corrected chi connectivity index (χ0v) is 10.9. The van der Waals surface area contributed by atoms with Crippen LogP contribution in [-0.2, 0) is 14.9 Å². The monoisotopic (exact) mass is 265 g/mol. The van der Waals surface area contributed by atoms with Gasteiger partial charge in [0, 0.05) is 18.6 Å². The maximum absolute atomic E-state index is 11.9. The van der Waals surface area contributed by atoms with E-state index in [9.17, 15) is 13.2 Å². The molecule has 0 aromatic carbocycles. The fourth-order valence-electron chi connectivity index (χ4n) is 1.87. The van der Waals surface area contributed by atoms with E-state index in [1.165, 1.54) is 4.31 Å². The van der Waals surface area contributed by atoms with Gasteiger partial charge in [-0.15, -0.1) is 0 Å². The van der Waals surface area contributed by atoms with Gasteiger partial charge < -0.3 is 10.5 Å². The summed E-state index contributed by atoms with van der Waals surface area (Å²) in [6.45, 7) is 3.82. The maximum Gasteiger partial charge on any atom is 0.421 e. The molecule has 1 heterocycles. The molecule has 0 bridgehead atoms. The first-order valence-electron chi connectivity index (χ1n) is 5.58. The second kappa shape index (κ2) is 5.65. The van der Waals surface area contributed by atoms with Crippen LogP contribution < -0.4 is 10.5 Å². The first-order chi connectivity index (χ1) is 7.86. The molecule has 17 heavy (non-hydrogen) atoms. The summed E-state index contributed by atoms with van der Waals surface area (Å²) in [7, 11) is -3.82. The predicted octanol–water partition coefficient (Wildman–Crippen LogP) is -0.211. The fraction of sp³-hybridized carbons (Fsp3) is 0.889. The van der Waals surface area contributed by atoms with E-state index in [2.05, 4.69) is 4.74 Å². The van der Waals surface area contributed by atoms with Crippen LogP contribution in [0.15, 0.2) is 0 Å². The summed E-state index contributed by atoms with van der Waals surface area (Å²) in [5, 5.41) is 0. The molecule has 0 saturated carbocycles. The average molecular weight is 265 g/mol. The largest absolute Gasteiger partial charge is 0.449 e. The number of piperidine rings is 1. The van der Waals surface area contributed by atoms with Crippen LogP contribution in [0.2, 0.25) is 0 Å². The SMILES string of the molecule is CCOC(=O)NS(=O)(=O)N1CCC(N)CC1C. The van der Waals surface area contributed by atoms with E-state index >= 15 is 0 Å². The van der Waals surface area contributed by atoms with Gasteiger partial charge in [-0.05, 0) is 26.7 Å². The Morgan fingerprint density at radius 1 is 1.59 bits per heavy atom. The number of hydrogen-bond donors (Lipinski definition) is 2. The van der Waals surface area contributed by atoms with Crippen molar-refractivity contribution in [2.75, 3.05) is 13.2 Å². The van der Waals surface area contributed by atoms with Crippen molar-refractivity contribution in [2.45, 2.75) is 38.8 Å². The summed E-state index contributed by atoms with van der Waals surface area (Å²) in [5.41, 5.74) is 5.75. The first-order valence-corrected chi connectivity index (χ1v) is 7.02. The summed E-state index contributed by atoms with van der Waals surface area (Å²) in [6, 6.07) is -0.204. The molecule has 0 aromatic rings. The molecule has 2 unspecified atom stereocenters. The van der Waals surface area contributed by atoms with Crippen molar-refractivity contribution in [3.63, 3.8) is 0 Å². The van der Waals surface area contributed by atoms with Crippen LogP contribution >= 0.6 is 0 Å². The van der Waals surface area contributed by atoms with E-state index in [0.29, 0.717) is 19.4 Å². The Hall–Kier alpha value is -0.860. The molecular weight excluding hydrogens is 246 g/mol. The predicted molar refractivity (Wildman–Crippen MR) is 62.5 cm³/mol. The maximum atomic E-state index is 11.9. The van der Waals surface area contributed by atoms with Crippen molar-refractivity contribution >= 4 is 16.3 Å². The number of nitrogens with zero attached hydrogens (tertiary/aromatic N) is 1. The van der Waals surface area contributed by atoms with Crippen LogP contribution in [0.4, 0.5) is 4.79 Å². The highest BCUT2D eigenvalue weighted by Crippen LogP contribution is 2.18. The van der Waals surface area contributed by atoms with Gasteiger partial charge >= 0.3 is 16.3 Å². The molecule has 1 fully saturated rings. The minimum absolute atomic E-state index is 0.0130. The summed E-state index contributed by atoms with van der Waals surface area (Å²) in [5.74, 6) is 0. The Morgan fingerprint density at radius 2 is 2.24 bits per heavy atom. The Balaban J connectivity index is 2.67. The van der Waals surface area contributed by atoms with E-state index in [1.807, 2.05) is 4.72 Å². The van der Waals surface area contributed by atoms with Crippen LogP contribution in [0.1, 0.15) is 26.7 Å². The second-order valence-corrected chi connectivity index (χ2v) is 5.70. The number of ether oxygens (including phenoxy) is 1. The lowest BCUT2D eigenvalue weighted by Crippen LogP contribution is -2.53. The van der Waals surface area contributed by atoms with Gasteiger partial charge in [0.05, 0.1) is 6.61 Å².